The van der Waals surface area contributed by atoms with Crippen molar-refractivity contribution < 1.29 is 0 Å². The molecule has 2 heterocycles. The van der Waals surface area contributed by atoms with Crippen molar-refractivity contribution in [2.24, 2.45) is 0 Å². The van der Waals surface area contributed by atoms with Crippen LogP contribution in [0.15, 0.2) is 54.7 Å². The lowest BCUT2D eigenvalue weighted by molar-refractivity contribution is 0.575. The van der Waals surface area contributed by atoms with Gasteiger partial charge in [-0.3, -0.25) is 0 Å². The molecule has 0 saturated carbocycles. The highest BCUT2D eigenvalue weighted by atomic mass is 35.5. The summed E-state index contributed by atoms with van der Waals surface area (Å²) in [6.07, 6.45) is 1.65. The molecule has 0 spiro atoms. The van der Waals surface area contributed by atoms with Crippen molar-refractivity contribution in [1.82, 2.24) is 9.78 Å². The number of nitrogens with zero attached hydrogens (tertiary/aromatic N) is 2. The Morgan fingerprint density at radius 2 is 1.90 bits per heavy atom. The molecule has 4 rings (SSSR count). The van der Waals surface area contributed by atoms with Crippen LogP contribution in [0.2, 0.25) is 10.0 Å². The number of fused-ring (bicyclic) bond motifs is 3. The molecule has 0 bridgehead atoms. The summed E-state index contributed by atoms with van der Waals surface area (Å²) in [6.45, 7) is 0. The molecule has 5 heteroatoms. The Morgan fingerprint density at radius 1 is 1.05 bits per heavy atom. The zero-order chi connectivity index (χ0) is 14.4. The van der Waals surface area contributed by atoms with E-state index in [1.165, 1.54) is 0 Å². The maximum Gasteiger partial charge on any atom is 0.148 e. The summed E-state index contributed by atoms with van der Waals surface area (Å²) in [4.78, 5) is 0. The third-order valence-corrected chi connectivity index (χ3v) is 4.24. The summed E-state index contributed by atoms with van der Waals surface area (Å²) < 4.78 is 1.94. The van der Waals surface area contributed by atoms with Gasteiger partial charge in [0.05, 0.1) is 5.69 Å². The average Bonchev–Trinajstić information content (AvgIpc) is 2.96. The highest BCUT2D eigenvalue weighted by Gasteiger charge is 2.26. The van der Waals surface area contributed by atoms with Crippen molar-refractivity contribution in [3.63, 3.8) is 0 Å². The summed E-state index contributed by atoms with van der Waals surface area (Å²) in [5.74, 6) is 0. The minimum absolute atomic E-state index is 0.144. The zero-order valence-electron chi connectivity index (χ0n) is 10.9. The third kappa shape index (κ3) is 2.01. The lowest BCUT2D eigenvalue weighted by Gasteiger charge is -2.29. The van der Waals surface area contributed by atoms with Crippen LogP contribution >= 0.6 is 23.2 Å². The van der Waals surface area contributed by atoms with Crippen LogP contribution in [-0.4, -0.2) is 9.78 Å². The number of halogens is 2. The number of benzene rings is 2. The Morgan fingerprint density at radius 3 is 2.76 bits per heavy atom. The number of rotatable bonds is 1. The molecule has 21 heavy (non-hydrogen) atoms. The minimum atomic E-state index is -0.144. The molecule has 3 nitrogen and oxygen atoms in total. The number of nitrogens with one attached hydrogen (secondary N) is 1. The first-order valence-corrected chi connectivity index (χ1v) is 7.34. The maximum absolute atomic E-state index is 6.34. The van der Waals surface area contributed by atoms with E-state index in [2.05, 4.69) is 10.4 Å². The van der Waals surface area contributed by atoms with Crippen LogP contribution in [0.4, 0.5) is 5.69 Å². The van der Waals surface area contributed by atoms with Crippen LogP contribution in [0.25, 0.3) is 11.3 Å². The van der Waals surface area contributed by atoms with Crippen LogP contribution in [-0.2, 0) is 0 Å². The van der Waals surface area contributed by atoms with Gasteiger partial charge in [-0.2, -0.15) is 5.10 Å². The van der Waals surface area contributed by atoms with Crippen LogP contribution < -0.4 is 5.32 Å². The molecule has 1 N–H and O–H groups in total. The molecule has 0 saturated heterocycles. The molecule has 1 unspecified atom stereocenters. The molecule has 0 radical (unpaired) electrons. The molecule has 1 aromatic heterocycles. The Bertz CT molecular complexity index is 826. The van der Waals surface area contributed by atoms with Gasteiger partial charge in [0.15, 0.2) is 0 Å². The second-order valence-corrected chi connectivity index (χ2v) is 5.76. The van der Waals surface area contributed by atoms with Crippen LogP contribution in [0.3, 0.4) is 0 Å². The van der Waals surface area contributed by atoms with Gasteiger partial charge in [0.25, 0.3) is 0 Å². The quantitative estimate of drug-likeness (QED) is 0.697. The van der Waals surface area contributed by atoms with Crippen molar-refractivity contribution in [2.45, 2.75) is 6.17 Å². The van der Waals surface area contributed by atoms with E-state index in [0.29, 0.717) is 10.0 Å². The number of hydrogen-bond acceptors (Lipinski definition) is 2. The van der Waals surface area contributed by atoms with Gasteiger partial charge >= 0.3 is 0 Å². The molecule has 1 aliphatic rings. The van der Waals surface area contributed by atoms with Crippen molar-refractivity contribution in [3.05, 3.63) is 70.3 Å². The van der Waals surface area contributed by atoms with Gasteiger partial charge in [-0.15, -0.1) is 0 Å². The van der Waals surface area contributed by atoms with Gasteiger partial charge in [-0.1, -0.05) is 41.4 Å². The molecule has 1 aliphatic heterocycles. The predicted octanol–water partition coefficient (Wildman–Crippen LogP) is 4.83. The number of anilines is 1. The van der Waals surface area contributed by atoms with E-state index in [-0.39, 0.29) is 6.17 Å². The van der Waals surface area contributed by atoms with Crippen molar-refractivity contribution >= 4 is 28.9 Å². The van der Waals surface area contributed by atoms with Gasteiger partial charge in [-0.25, -0.2) is 4.68 Å². The molecule has 0 aliphatic carbocycles. The summed E-state index contributed by atoms with van der Waals surface area (Å²) >= 11 is 12.5. The van der Waals surface area contributed by atoms with Gasteiger partial charge in [-0.05, 0) is 30.3 Å². The van der Waals surface area contributed by atoms with Crippen molar-refractivity contribution in [3.8, 4) is 11.3 Å². The lowest BCUT2D eigenvalue weighted by atomic mass is 10.0. The van der Waals surface area contributed by atoms with Crippen LogP contribution in [0, 0.1) is 0 Å². The summed E-state index contributed by atoms with van der Waals surface area (Å²) in [7, 11) is 0. The molecule has 104 valence electrons. The normalized spacial score (nSPS) is 16.0. The first-order chi connectivity index (χ1) is 10.2. The highest BCUT2D eigenvalue weighted by molar-refractivity contribution is 6.31. The summed E-state index contributed by atoms with van der Waals surface area (Å²) in [5.41, 5.74) is 4.10. The Labute approximate surface area is 132 Å². The first-order valence-electron chi connectivity index (χ1n) is 6.58. The number of hydrogen-bond donors (Lipinski definition) is 1. The Kier molecular flexibility index (Phi) is 2.91. The summed E-state index contributed by atoms with van der Waals surface area (Å²) in [6, 6.07) is 15.6. The molecule has 1 atom stereocenters. The van der Waals surface area contributed by atoms with E-state index in [1.807, 2.05) is 53.2 Å². The molecule has 2 aromatic carbocycles. The standard InChI is InChI=1S/C16H11Cl2N3/c17-10-5-6-12-14(9-10)20-16(21-15(12)7-8-19-21)11-3-1-2-4-13(11)18/h1-9,16,20H. The molecule has 0 amide bonds. The Hall–Kier alpha value is -1.97. The van der Waals surface area contributed by atoms with Crippen LogP contribution in [0.1, 0.15) is 11.7 Å². The van der Waals surface area contributed by atoms with Gasteiger partial charge in [0.1, 0.15) is 6.17 Å². The highest BCUT2D eigenvalue weighted by Crippen LogP contribution is 2.40. The number of aromatic nitrogens is 2. The zero-order valence-corrected chi connectivity index (χ0v) is 12.4. The van der Waals surface area contributed by atoms with E-state index >= 15 is 0 Å². The predicted molar refractivity (Wildman–Crippen MR) is 85.9 cm³/mol. The molecular formula is C16H11Cl2N3. The topological polar surface area (TPSA) is 29.9 Å². The SMILES string of the molecule is Clc1ccc2c(c1)NC(c1ccccc1Cl)n1nccc1-2. The first kappa shape index (κ1) is 12.7. The fourth-order valence-corrected chi connectivity index (χ4v) is 3.12. The van der Waals surface area contributed by atoms with E-state index in [4.69, 9.17) is 23.2 Å². The van der Waals surface area contributed by atoms with E-state index in [9.17, 15) is 0 Å². The molecule has 0 fully saturated rings. The van der Waals surface area contributed by atoms with Crippen molar-refractivity contribution in [2.75, 3.05) is 5.32 Å². The van der Waals surface area contributed by atoms with Gasteiger partial charge in [0, 0.05) is 33.1 Å². The second kappa shape index (κ2) is 4.79. The van der Waals surface area contributed by atoms with Crippen molar-refractivity contribution in [1.29, 1.82) is 0 Å². The van der Waals surface area contributed by atoms with Gasteiger partial charge < -0.3 is 5.32 Å². The second-order valence-electron chi connectivity index (χ2n) is 4.92. The van der Waals surface area contributed by atoms with E-state index < -0.39 is 0 Å². The van der Waals surface area contributed by atoms with E-state index in [1.54, 1.807) is 6.20 Å². The smallest absolute Gasteiger partial charge is 0.148 e. The minimum Gasteiger partial charge on any atom is -0.359 e. The average molecular weight is 316 g/mol. The monoisotopic (exact) mass is 315 g/mol. The van der Waals surface area contributed by atoms with E-state index in [0.717, 1.165) is 22.5 Å². The third-order valence-electron chi connectivity index (χ3n) is 3.66. The fraction of sp³-hybridized carbons (Fsp3) is 0.0625. The fourth-order valence-electron chi connectivity index (χ4n) is 2.71. The largest absolute Gasteiger partial charge is 0.359 e. The maximum atomic E-state index is 6.34. The van der Waals surface area contributed by atoms with Gasteiger partial charge in [0.2, 0.25) is 0 Å². The Balaban J connectivity index is 1.92. The molecular weight excluding hydrogens is 305 g/mol. The van der Waals surface area contributed by atoms with Crippen LogP contribution in [0.5, 0.6) is 0 Å². The summed E-state index contributed by atoms with van der Waals surface area (Å²) in [5, 5.41) is 9.32. The lowest BCUT2D eigenvalue weighted by Crippen LogP contribution is -2.25. The molecule has 3 aromatic rings.